The summed E-state index contributed by atoms with van der Waals surface area (Å²) in [5, 5.41) is 2.46. The Balaban J connectivity index is 1.93. The third-order valence-corrected chi connectivity index (χ3v) is 3.72. The molecule has 0 bridgehead atoms. The molecule has 0 saturated heterocycles. The van der Waals surface area contributed by atoms with Crippen molar-refractivity contribution in [3.8, 4) is 5.75 Å². The van der Waals surface area contributed by atoms with E-state index in [1.807, 2.05) is 0 Å². The van der Waals surface area contributed by atoms with Crippen molar-refractivity contribution in [2.24, 2.45) is 0 Å². The van der Waals surface area contributed by atoms with Gasteiger partial charge in [-0.05, 0) is 41.6 Å². The van der Waals surface area contributed by atoms with Crippen LogP contribution in [0.25, 0.3) is 0 Å². The van der Waals surface area contributed by atoms with Crippen molar-refractivity contribution < 1.29 is 31.5 Å². The van der Waals surface area contributed by atoms with E-state index in [0.29, 0.717) is 5.56 Å². The predicted octanol–water partition coefficient (Wildman–Crippen LogP) is 4.27. The topological polar surface area (TPSA) is 51.2 Å². The van der Waals surface area contributed by atoms with Crippen LogP contribution in [0.1, 0.15) is 15.9 Å². The van der Waals surface area contributed by atoms with Crippen molar-refractivity contribution in [3.63, 3.8) is 0 Å². The van der Waals surface area contributed by atoms with E-state index >= 15 is 0 Å². The van der Waals surface area contributed by atoms with Crippen molar-refractivity contribution in [1.29, 1.82) is 0 Å². The van der Waals surface area contributed by atoms with Crippen LogP contribution in [-0.4, -0.2) is 29.4 Å². The first-order valence-electron chi connectivity index (χ1n) is 7.21. The van der Waals surface area contributed by atoms with Crippen LogP contribution in [0.2, 0.25) is 0 Å². The first kappa shape index (κ1) is 20.0. The lowest BCUT2D eigenvalue weighted by atomic mass is 10.2. The van der Waals surface area contributed by atoms with E-state index in [1.165, 1.54) is 42.6 Å². The third kappa shape index (κ3) is 6.51. The minimum Gasteiger partial charge on any atom is -0.484 e. The van der Waals surface area contributed by atoms with E-state index in [0.717, 1.165) is 0 Å². The van der Waals surface area contributed by atoms with Crippen molar-refractivity contribution in [3.05, 3.63) is 53.7 Å². The van der Waals surface area contributed by atoms with Gasteiger partial charge in [0.1, 0.15) is 10.8 Å². The number of amides is 1. The molecule has 1 aromatic carbocycles. The molecule has 0 saturated carbocycles. The summed E-state index contributed by atoms with van der Waals surface area (Å²) in [6, 6.07) is 8.50. The Labute approximate surface area is 149 Å². The van der Waals surface area contributed by atoms with Gasteiger partial charge in [0.25, 0.3) is 11.7 Å². The molecule has 0 aliphatic rings. The summed E-state index contributed by atoms with van der Waals surface area (Å²) in [4.78, 5) is 15.9. The van der Waals surface area contributed by atoms with Crippen LogP contribution in [0.5, 0.6) is 5.75 Å². The fraction of sp³-hybridized carbons (Fsp3) is 0.250. The number of benzene rings is 1. The summed E-state index contributed by atoms with van der Waals surface area (Å²) in [5.74, 6) is -3.25. The molecule has 0 aliphatic carbocycles. The molecule has 0 unspecified atom stereocenters. The molecule has 140 valence electrons. The second-order valence-corrected chi connectivity index (χ2v) is 5.94. The van der Waals surface area contributed by atoms with Gasteiger partial charge < -0.3 is 10.1 Å². The number of carbonyl (C=O) groups is 1. The number of thioether (sulfide) groups is 1. The fourth-order valence-electron chi connectivity index (χ4n) is 1.89. The van der Waals surface area contributed by atoms with Gasteiger partial charge in [-0.1, -0.05) is 12.1 Å². The summed E-state index contributed by atoms with van der Waals surface area (Å²) in [6.45, 7) is -1.33. The first-order valence-corrected chi connectivity index (χ1v) is 8.09. The Morgan fingerprint density at radius 3 is 2.50 bits per heavy atom. The molecule has 0 atom stereocenters. The molecule has 0 fully saturated rings. The summed E-state index contributed by atoms with van der Waals surface area (Å²) >= 11 is 0.171. The Bertz CT molecular complexity index is 738. The number of rotatable bonds is 7. The van der Waals surface area contributed by atoms with Crippen LogP contribution in [-0.2, 0) is 6.54 Å². The maximum Gasteiger partial charge on any atom is 0.422 e. The van der Waals surface area contributed by atoms with Crippen molar-refractivity contribution in [1.82, 2.24) is 10.3 Å². The molecule has 1 heterocycles. The van der Waals surface area contributed by atoms with Gasteiger partial charge in [-0.3, -0.25) is 4.79 Å². The molecule has 0 aliphatic heterocycles. The maximum absolute atomic E-state index is 12.5. The van der Waals surface area contributed by atoms with E-state index in [2.05, 4.69) is 15.0 Å². The molecule has 4 nitrogen and oxygen atoms in total. The van der Waals surface area contributed by atoms with Crippen LogP contribution in [0.15, 0.2) is 47.6 Å². The van der Waals surface area contributed by atoms with Crippen molar-refractivity contribution in [2.45, 2.75) is 23.5 Å². The zero-order valence-corrected chi connectivity index (χ0v) is 13.9. The van der Waals surface area contributed by atoms with Gasteiger partial charge in [-0.25, -0.2) is 4.98 Å². The second kappa shape index (κ2) is 8.84. The molecular formula is C16H13F5N2O2S. The SMILES string of the molecule is O=C(NCc1ccc(OCC(F)(F)F)cc1)c1cccnc1SC(F)F. The monoisotopic (exact) mass is 392 g/mol. The summed E-state index contributed by atoms with van der Waals surface area (Å²) in [7, 11) is 0. The minimum atomic E-state index is -4.43. The number of pyridine rings is 1. The van der Waals surface area contributed by atoms with E-state index in [1.54, 1.807) is 0 Å². The van der Waals surface area contributed by atoms with Crippen LogP contribution < -0.4 is 10.1 Å². The molecule has 0 spiro atoms. The summed E-state index contributed by atoms with van der Waals surface area (Å²) < 4.78 is 65.8. The Morgan fingerprint density at radius 1 is 1.19 bits per heavy atom. The average Bonchev–Trinajstić information content (AvgIpc) is 2.58. The lowest BCUT2D eigenvalue weighted by molar-refractivity contribution is -0.153. The highest BCUT2D eigenvalue weighted by atomic mass is 32.2. The van der Waals surface area contributed by atoms with Crippen LogP contribution in [0.4, 0.5) is 22.0 Å². The number of hydrogen-bond acceptors (Lipinski definition) is 4. The molecule has 2 aromatic rings. The van der Waals surface area contributed by atoms with Gasteiger partial charge in [-0.2, -0.15) is 22.0 Å². The Hall–Kier alpha value is -2.36. The largest absolute Gasteiger partial charge is 0.484 e. The number of alkyl halides is 5. The highest BCUT2D eigenvalue weighted by Gasteiger charge is 2.28. The molecule has 26 heavy (non-hydrogen) atoms. The fourth-order valence-corrected chi connectivity index (χ4v) is 2.47. The highest BCUT2D eigenvalue weighted by molar-refractivity contribution is 7.99. The highest BCUT2D eigenvalue weighted by Crippen LogP contribution is 2.26. The Kier molecular flexibility index (Phi) is 6.78. The van der Waals surface area contributed by atoms with E-state index < -0.39 is 24.4 Å². The smallest absolute Gasteiger partial charge is 0.422 e. The van der Waals surface area contributed by atoms with Gasteiger partial charge in [0.05, 0.1) is 5.56 Å². The van der Waals surface area contributed by atoms with Gasteiger partial charge in [0.15, 0.2) is 6.61 Å². The number of nitrogens with one attached hydrogen (secondary N) is 1. The lowest BCUT2D eigenvalue weighted by Crippen LogP contribution is -2.23. The number of halogens is 5. The third-order valence-electron chi connectivity index (χ3n) is 3.00. The number of carbonyl (C=O) groups excluding carboxylic acids is 1. The Morgan fingerprint density at radius 2 is 1.88 bits per heavy atom. The second-order valence-electron chi connectivity index (χ2n) is 4.97. The van der Waals surface area contributed by atoms with E-state index in [9.17, 15) is 26.7 Å². The van der Waals surface area contributed by atoms with Crippen LogP contribution in [0, 0.1) is 0 Å². The van der Waals surface area contributed by atoms with Crippen molar-refractivity contribution >= 4 is 17.7 Å². The first-order chi connectivity index (χ1) is 12.2. The summed E-state index contributed by atoms with van der Waals surface area (Å²) in [5.41, 5.74) is 0.618. The zero-order valence-electron chi connectivity index (χ0n) is 13.1. The minimum absolute atomic E-state index is 0.0166. The maximum atomic E-state index is 12.5. The lowest BCUT2D eigenvalue weighted by Gasteiger charge is -2.11. The predicted molar refractivity (Wildman–Crippen MR) is 85.3 cm³/mol. The standard InChI is InChI=1S/C16H13F5N2O2S/c17-15(18)26-14-12(2-1-7-22-14)13(24)23-8-10-3-5-11(6-4-10)25-9-16(19,20)21/h1-7,15H,8-9H2,(H,23,24). The number of aromatic nitrogens is 1. The van der Waals surface area contributed by atoms with Gasteiger partial charge in [0.2, 0.25) is 0 Å². The molecule has 0 radical (unpaired) electrons. The molecular weight excluding hydrogens is 379 g/mol. The van der Waals surface area contributed by atoms with E-state index in [-0.39, 0.29) is 34.6 Å². The van der Waals surface area contributed by atoms with Crippen LogP contribution in [0.3, 0.4) is 0 Å². The number of nitrogens with zero attached hydrogens (tertiary/aromatic N) is 1. The number of hydrogen-bond donors (Lipinski definition) is 1. The molecule has 10 heteroatoms. The average molecular weight is 392 g/mol. The van der Waals surface area contributed by atoms with Crippen molar-refractivity contribution in [2.75, 3.05) is 6.61 Å². The molecule has 1 aromatic heterocycles. The number of ether oxygens (including phenoxy) is 1. The molecule has 1 N–H and O–H groups in total. The van der Waals surface area contributed by atoms with Gasteiger partial charge >= 0.3 is 6.18 Å². The zero-order chi connectivity index (χ0) is 19.2. The quantitative estimate of drug-likeness (QED) is 0.565. The van der Waals surface area contributed by atoms with E-state index in [4.69, 9.17) is 0 Å². The molecule has 1 amide bonds. The normalized spacial score (nSPS) is 11.5. The van der Waals surface area contributed by atoms with Gasteiger partial charge in [0, 0.05) is 12.7 Å². The summed E-state index contributed by atoms with van der Waals surface area (Å²) in [6.07, 6.45) is -3.12. The molecule has 2 rings (SSSR count). The van der Waals surface area contributed by atoms with Gasteiger partial charge in [-0.15, -0.1) is 0 Å². The van der Waals surface area contributed by atoms with Crippen LogP contribution >= 0.6 is 11.8 Å².